The number of carbonyl (C=O) groups is 2. The Labute approximate surface area is 149 Å². The lowest BCUT2D eigenvalue weighted by atomic mass is 9.93. The SMILES string of the molecule is COCCOC(=O)OCC(C)(CO)C(=O)Oc1c(F)c(F)c(F)c(F)c1F. The van der Waals surface area contributed by atoms with Gasteiger partial charge in [-0.25, -0.2) is 18.0 Å². The molecule has 1 aromatic carbocycles. The Morgan fingerprint density at radius 2 is 1.44 bits per heavy atom. The second-order valence-electron chi connectivity index (χ2n) is 5.39. The van der Waals surface area contributed by atoms with Crippen molar-refractivity contribution in [3.8, 4) is 5.75 Å². The second kappa shape index (κ2) is 9.46. The van der Waals surface area contributed by atoms with Gasteiger partial charge in [0.05, 0.1) is 13.2 Å². The minimum absolute atomic E-state index is 0.0503. The van der Waals surface area contributed by atoms with Crippen LogP contribution in [0, 0.1) is 34.5 Å². The van der Waals surface area contributed by atoms with Crippen LogP contribution in [0.2, 0.25) is 0 Å². The molecule has 1 atom stereocenters. The lowest BCUT2D eigenvalue weighted by molar-refractivity contribution is -0.151. The van der Waals surface area contributed by atoms with Crippen LogP contribution in [-0.4, -0.2) is 50.8 Å². The van der Waals surface area contributed by atoms with Gasteiger partial charge in [-0.2, -0.15) is 8.78 Å². The zero-order chi connectivity index (χ0) is 20.8. The summed E-state index contributed by atoms with van der Waals surface area (Å²) in [5.41, 5.74) is -2.08. The molecule has 0 aliphatic rings. The largest absolute Gasteiger partial charge is 0.508 e. The van der Waals surface area contributed by atoms with E-state index in [4.69, 9.17) is 0 Å². The summed E-state index contributed by atoms with van der Waals surface area (Å²) in [5, 5.41) is 9.30. The Hall–Kier alpha value is -2.47. The number of benzene rings is 1. The molecule has 0 fully saturated rings. The number of methoxy groups -OCH3 is 1. The number of hydrogen-bond donors (Lipinski definition) is 1. The molecule has 7 nitrogen and oxygen atoms in total. The highest BCUT2D eigenvalue weighted by molar-refractivity contribution is 5.79. The molecule has 27 heavy (non-hydrogen) atoms. The van der Waals surface area contributed by atoms with Crippen LogP contribution in [0.3, 0.4) is 0 Å². The fourth-order valence-corrected chi connectivity index (χ4v) is 1.53. The minimum atomic E-state index is -2.43. The highest BCUT2D eigenvalue weighted by Gasteiger charge is 2.39. The zero-order valence-electron chi connectivity index (χ0n) is 14.1. The number of esters is 1. The summed E-state index contributed by atoms with van der Waals surface area (Å²) in [6.07, 6.45) is -1.25. The first-order valence-corrected chi connectivity index (χ1v) is 7.22. The highest BCUT2D eigenvalue weighted by Crippen LogP contribution is 2.31. The molecule has 0 aliphatic heterocycles. The number of aliphatic hydroxyl groups excluding tert-OH is 1. The summed E-state index contributed by atoms with van der Waals surface area (Å²) in [7, 11) is 1.34. The second-order valence-corrected chi connectivity index (χ2v) is 5.39. The maximum atomic E-state index is 13.6. The van der Waals surface area contributed by atoms with Crippen LogP contribution in [-0.2, 0) is 19.0 Å². The lowest BCUT2D eigenvalue weighted by Gasteiger charge is -2.24. The van der Waals surface area contributed by atoms with Crippen molar-refractivity contribution in [1.29, 1.82) is 0 Å². The van der Waals surface area contributed by atoms with Gasteiger partial charge < -0.3 is 24.1 Å². The number of carbonyl (C=O) groups excluding carboxylic acids is 2. The first kappa shape index (κ1) is 22.6. The highest BCUT2D eigenvalue weighted by atomic mass is 19.2. The molecule has 1 unspecified atom stereocenters. The first-order chi connectivity index (χ1) is 12.6. The predicted molar refractivity (Wildman–Crippen MR) is 76.2 cm³/mol. The molecule has 12 heteroatoms. The van der Waals surface area contributed by atoms with Gasteiger partial charge in [0.2, 0.25) is 34.8 Å². The average Bonchev–Trinajstić information content (AvgIpc) is 2.66. The van der Waals surface area contributed by atoms with Gasteiger partial charge in [-0.15, -0.1) is 0 Å². The summed E-state index contributed by atoms with van der Waals surface area (Å²) in [6, 6.07) is 0. The number of aliphatic hydroxyl groups is 1. The molecular formula is C15H15F5O7. The molecule has 1 rings (SSSR count). The van der Waals surface area contributed by atoms with E-state index < -0.39 is 65.6 Å². The molecule has 0 amide bonds. The zero-order valence-corrected chi connectivity index (χ0v) is 14.1. The Kier molecular flexibility index (Phi) is 7.91. The van der Waals surface area contributed by atoms with Crippen LogP contribution in [0.5, 0.6) is 5.75 Å². The van der Waals surface area contributed by atoms with E-state index in [0.29, 0.717) is 0 Å². The topological polar surface area (TPSA) is 91.3 Å². The molecule has 1 N–H and O–H groups in total. The van der Waals surface area contributed by atoms with Crippen LogP contribution in [0.1, 0.15) is 6.92 Å². The molecule has 0 aromatic heterocycles. The smallest absolute Gasteiger partial charge is 0.433 e. The van der Waals surface area contributed by atoms with Crippen molar-refractivity contribution in [3.63, 3.8) is 0 Å². The van der Waals surface area contributed by atoms with Crippen LogP contribution in [0.25, 0.3) is 0 Å². The van der Waals surface area contributed by atoms with E-state index in [9.17, 15) is 36.6 Å². The van der Waals surface area contributed by atoms with Crippen molar-refractivity contribution >= 4 is 12.1 Å². The molecule has 0 spiro atoms. The van der Waals surface area contributed by atoms with Gasteiger partial charge >= 0.3 is 12.1 Å². The molecular weight excluding hydrogens is 387 g/mol. The Balaban J connectivity index is 2.91. The monoisotopic (exact) mass is 402 g/mol. The van der Waals surface area contributed by atoms with Crippen molar-refractivity contribution in [2.24, 2.45) is 5.41 Å². The molecule has 0 saturated heterocycles. The molecule has 152 valence electrons. The van der Waals surface area contributed by atoms with Gasteiger partial charge in [-0.3, -0.25) is 4.79 Å². The number of hydrogen-bond acceptors (Lipinski definition) is 7. The van der Waals surface area contributed by atoms with E-state index in [0.717, 1.165) is 6.92 Å². The van der Waals surface area contributed by atoms with E-state index >= 15 is 0 Å². The van der Waals surface area contributed by atoms with Gasteiger partial charge in [-0.05, 0) is 6.92 Å². The van der Waals surface area contributed by atoms with Crippen LogP contribution < -0.4 is 4.74 Å². The van der Waals surface area contributed by atoms with E-state index in [-0.39, 0.29) is 13.2 Å². The molecule has 1 aromatic rings. The van der Waals surface area contributed by atoms with Gasteiger partial charge in [0.15, 0.2) is 0 Å². The van der Waals surface area contributed by atoms with Crippen molar-refractivity contribution < 1.29 is 55.6 Å². The van der Waals surface area contributed by atoms with E-state index in [1.54, 1.807) is 0 Å². The Morgan fingerprint density at radius 1 is 0.926 bits per heavy atom. The third-order valence-electron chi connectivity index (χ3n) is 3.22. The van der Waals surface area contributed by atoms with Crippen molar-refractivity contribution in [3.05, 3.63) is 29.1 Å². The number of halogens is 5. The predicted octanol–water partition coefficient (Wildman–Crippen LogP) is 2.09. The first-order valence-electron chi connectivity index (χ1n) is 7.22. The Bertz CT molecular complexity index is 683. The van der Waals surface area contributed by atoms with E-state index in [2.05, 4.69) is 18.9 Å². The molecule has 0 heterocycles. The molecule has 0 saturated carbocycles. The maximum absolute atomic E-state index is 13.6. The summed E-state index contributed by atoms with van der Waals surface area (Å²) in [5.74, 6) is -15.3. The summed E-state index contributed by atoms with van der Waals surface area (Å²) < 4.78 is 84.3. The summed E-state index contributed by atoms with van der Waals surface area (Å²) >= 11 is 0. The van der Waals surface area contributed by atoms with Gasteiger partial charge in [0, 0.05) is 7.11 Å². The Morgan fingerprint density at radius 3 is 1.93 bits per heavy atom. The average molecular weight is 402 g/mol. The normalized spacial score (nSPS) is 13.0. The third-order valence-corrected chi connectivity index (χ3v) is 3.22. The van der Waals surface area contributed by atoms with E-state index in [1.165, 1.54) is 7.11 Å². The van der Waals surface area contributed by atoms with Crippen molar-refractivity contribution in [2.45, 2.75) is 6.92 Å². The molecule has 0 bridgehead atoms. The number of rotatable bonds is 8. The quantitative estimate of drug-likeness (QED) is 0.178. The van der Waals surface area contributed by atoms with Gasteiger partial charge in [-0.1, -0.05) is 0 Å². The minimum Gasteiger partial charge on any atom is -0.433 e. The third kappa shape index (κ3) is 5.26. The van der Waals surface area contributed by atoms with E-state index in [1.807, 2.05) is 0 Å². The molecule has 0 aliphatic carbocycles. The van der Waals surface area contributed by atoms with Crippen LogP contribution >= 0.6 is 0 Å². The fourth-order valence-electron chi connectivity index (χ4n) is 1.53. The van der Waals surface area contributed by atoms with Crippen LogP contribution in [0.4, 0.5) is 26.7 Å². The lowest BCUT2D eigenvalue weighted by Crippen LogP contribution is -2.40. The molecule has 0 radical (unpaired) electrons. The maximum Gasteiger partial charge on any atom is 0.508 e. The van der Waals surface area contributed by atoms with Gasteiger partial charge in [0.25, 0.3) is 0 Å². The summed E-state index contributed by atoms with van der Waals surface area (Å²) in [4.78, 5) is 23.3. The standard InChI is InChI=1S/C15H15F5O7/c1-15(5-21,6-26-14(23)25-4-3-24-2)13(22)27-12-10(19)8(17)7(16)9(18)11(12)20/h21H,3-6H2,1-2H3. The van der Waals surface area contributed by atoms with Crippen LogP contribution in [0.15, 0.2) is 0 Å². The van der Waals surface area contributed by atoms with Crippen molar-refractivity contribution in [1.82, 2.24) is 0 Å². The number of ether oxygens (including phenoxy) is 4. The van der Waals surface area contributed by atoms with Gasteiger partial charge in [0.1, 0.15) is 18.6 Å². The van der Waals surface area contributed by atoms with Crippen molar-refractivity contribution in [2.75, 3.05) is 33.5 Å². The summed E-state index contributed by atoms with van der Waals surface area (Å²) in [6.45, 7) is -1.09. The fraction of sp³-hybridized carbons (Fsp3) is 0.467.